The average Bonchev–Trinajstić information content (AvgIpc) is 3.05. The Kier molecular flexibility index (Phi) is 8.02. The van der Waals surface area contributed by atoms with Gasteiger partial charge in [-0.1, -0.05) is 54.3 Å². The third-order valence-electron chi connectivity index (χ3n) is 4.76. The minimum Gasteiger partial charge on any atom is -0.497 e. The van der Waals surface area contributed by atoms with Gasteiger partial charge in [-0.2, -0.15) is 0 Å². The largest absolute Gasteiger partial charge is 0.497 e. The molecule has 2 aromatic carbocycles. The molecule has 7 nitrogen and oxygen atoms in total. The lowest BCUT2D eigenvalue weighted by Crippen LogP contribution is -2.42. The van der Waals surface area contributed by atoms with Crippen molar-refractivity contribution in [2.45, 2.75) is 19.8 Å². The van der Waals surface area contributed by atoms with Crippen LogP contribution in [0.5, 0.6) is 5.75 Å². The molecule has 1 heterocycles. The Hall–Kier alpha value is -3.17. The maximum absolute atomic E-state index is 12.7. The van der Waals surface area contributed by atoms with Gasteiger partial charge < -0.3 is 4.74 Å². The Labute approximate surface area is 196 Å². The third kappa shape index (κ3) is 5.95. The normalized spacial score (nSPS) is 14.6. The number of hydrogen-bond acceptors (Lipinski definition) is 6. The molecule has 0 atom stereocenters. The van der Waals surface area contributed by atoms with Gasteiger partial charge in [-0.05, 0) is 48.7 Å². The van der Waals surface area contributed by atoms with E-state index in [1.54, 1.807) is 25.3 Å². The van der Waals surface area contributed by atoms with E-state index >= 15 is 0 Å². The van der Waals surface area contributed by atoms with Crippen molar-refractivity contribution in [2.75, 3.05) is 13.7 Å². The zero-order valence-corrected chi connectivity index (χ0v) is 19.3. The number of methoxy groups -OCH3 is 1. The fraction of sp³-hybridized carbons (Fsp3) is 0.217. The number of carbonyl (C=O) groups is 3. The van der Waals surface area contributed by atoms with Crippen LogP contribution in [0.15, 0.2) is 53.4 Å². The summed E-state index contributed by atoms with van der Waals surface area (Å²) < 4.78 is 5.66. The van der Waals surface area contributed by atoms with Crippen LogP contribution >= 0.6 is 24.0 Å². The molecule has 1 aliphatic rings. The number of hydrazine groups is 1. The average molecular weight is 470 g/mol. The molecule has 0 unspecified atom stereocenters. The summed E-state index contributed by atoms with van der Waals surface area (Å²) in [5.41, 5.74) is 6.97. The van der Waals surface area contributed by atoms with Crippen molar-refractivity contribution in [1.29, 1.82) is 0 Å². The molecule has 0 saturated carbocycles. The summed E-state index contributed by atoms with van der Waals surface area (Å²) in [6.07, 6.45) is 2.32. The first-order valence-corrected chi connectivity index (χ1v) is 11.2. The predicted octanol–water partition coefficient (Wildman–Crippen LogP) is 3.45. The van der Waals surface area contributed by atoms with Crippen LogP contribution in [0.2, 0.25) is 0 Å². The topological polar surface area (TPSA) is 87.7 Å². The number of carbonyl (C=O) groups excluding carboxylic acids is 3. The summed E-state index contributed by atoms with van der Waals surface area (Å²) in [6.45, 7) is 2.14. The van der Waals surface area contributed by atoms with Gasteiger partial charge in [0.15, 0.2) is 0 Å². The number of nitrogens with zero attached hydrogens (tertiary/aromatic N) is 1. The van der Waals surface area contributed by atoms with Crippen molar-refractivity contribution >= 4 is 52.1 Å². The Balaban J connectivity index is 1.48. The third-order valence-corrected chi connectivity index (χ3v) is 6.13. The lowest BCUT2D eigenvalue weighted by Gasteiger charge is -2.14. The minimum atomic E-state index is -0.379. The van der Waals surface area contributed by atoms with E-state index in [-0.39, 0.29) is 24.1 Å². The minimum absolute atomic E-state index is 0.139. The van der Waals surface area contributed by atoms with Crippen molar-refractivity contribution in [2.24, 2.45) is 0 Å². The molecule has 166 valence electrons. The van der Waals surface area contributed by atoms with E-state index in [4.69, 9.17) is 17.0 Å². The second-order valence-corrected chi connectivity index (χ2v) is 8.71. The van der Waals surface area contributed by atoms with Gasteiger partial charge in [-0.25, -0.2) is 0 Å². The molecule has 3 amide bonds. The molecule has 0 radical (unpaired) electrons. The fourth-order valence-corrected chi connectivity index (χ4v) is 4.37. The zero-order chi connectivity index (χ0) is 23.1. The van der Waals surface area contributed by atoms with Crippen molar-refractivity contribution in [1.82, 2.24) is 15.8 Å². The van der Waals surface area contributed by atoms with E-state index in [1.165, 1.54) is 16.7 Å². The summed E-state index contributed by atoms with van der Waals surface area (Å²) in [7, 11) is 1.59. The summed E-state index contributed by atoms with van der Waals surface area (Å²) in [5, 5.41) is 0. The van der Waals surface area contributed by atoms with E-state index in [1.807, 2.05) is 43.3 Å². The van der Waals surface area contributed by atoms with E-state index in [9.17, 15) is 14.4 Å². The number of ether oxygens (including phenoxy) is 1. The van der Waals surface area contributed by atoms with Crippen LogP contribution in [0.25, 0.3) is 6.08 Å². The molecule has 9 heteroatoms. The molecule has 1 fully saturated rings. The van der Waals surface area contributed by atoms with Crippen molar-refractivity contribution in [3.05, 3.63) is 70.1 Å². The van der Waals surface area contributed by atoms with Crippen LogP contribution in [0.3, 0.4) is 0 Å². The Morgan fingerprint density at radius 1 is 1.16 bits per heavy atom. The Bertz CT molecular complexity index is 1080. The van der Waals surface area contributed by atoms with Crippen LogP contribution in [-0.2, 0) is 9.59 Å². The molecule has 2 N–H and O–H groups in total. The molecule has 0 aromatic heterocycles. The van der Waals surface area contributed by atoms with Crippen LogP contribution in [0.4, 0.5) is 0 Å². The SMILES string of the molecule is COc1cccc(C=C2SC(=S)N(CCCC(=O)NNC(=O)c3ccccc3C)C2=O)c1. The molecule has 0 aliphatic carbocycles. The standard InChI is InChI=1S/C23H23N3O4S2/c1-15-7-3-4-10-18(15)21(28)25-24-20(27)11-6-12-26-22(29)19(32-23(26)31)14-16-8-5-9-17(13-16)30-2/h3-5,7-10,13-14H,6,11-12H2,1-2H3,(H,24,27)(H,25,28). The van der Waals surface area contributed by atoms with Gasteiger partial charge in [0.25, 0.3) is 11.8 Å². The first-order valence-electron chi connectivity index (χ1n) is 9.93. The van der Waals surface area contributed by atoms with Crippen LogP contribution in [0.1, 0.15) is 34.3 Å². The van der Waals surface area contributed by atoms with Crippen LogP contribution < -0.4 is 15.6 Å². The summed E-state index contributed by atoms with van der Waals surface area (Å²) in [6, 6.07) is 14.5. The van der Waals surface area contributed by atoms with Gasteiger partial charge in [0.2, 0.25) is 5.91 Å². The molecule has 0 spiro atoms. The number of rotatable bonds is 7. The van der Waals surface area contributed by atoms with E-state index in [0.717, 1.165) is 11.1 Å². The van der Waals surface area contributed by atoms with Gasteiger partial charge in [0, 0.05) is 18.5 Å². The number of thioether (sulfide) groups is 1. The lowest BCUT2D eigenvalue weighted by molar-refractivity contribution is -0.124. The second kappa shape index (κ2) is 10.9. The van der Waals surface area contributed by atoms with Crippen LogP contribution in [0, 0.1) is 6.92 Å². The summed E-state index contributed by atoms with van der Waals surface area (Å²) in [5.74, 6) is -0.203. The van der Waals surface area contributed by atoms with Gasteiger partial charge in [0.1, 0.15) is 10.1 Å². The molecule has 0 bridgehead atoms. The maximum atomic E-state index is 12.7. The highest BCUT2D eigenvalue weighted by Crippen LogP contribution is 2.33. The molecule has 2 aromatic rings. The number of amides is 3. The highest BCUT2D eigenvalue weighted by atomic mass is 32.2. The van der Waals surface area contributed by atoms with Crippen molar-refractivity contribution < 1.29 is 19.1 Å². The molecular weight excluding hydrogens is 446 g/mol. The number of benzene rings is 2. The molecule has 1 aliphatic heterocycles. The maximum Gasteiger partial charge on any atom is 0.269 e. The Morgan fingerprint density at radius 3 is 2.69 bits per heavy atom. The lowest BCUT2D eigenvalue weighted by atomic mass is 10.1. The first-order chi connectivity index (χ1) is 15.4. The predicted molar refractivity (Wildman–Crippen MR) is 129 cm³/mol. The van der Waals surface area contributed by atoms with Crippen molar-refractivity contribution in [3.8, 4) is 5.75 Å². The Morgan fingerprint density at radius 2 is 1.94 bits per heavy atom. The zero-order valence-electron chi connectivity index (χ0n) is 17.7. The summed E-state index contributed by atoms with van der Waals surface area (Å²) >= 11 is 6.57. The smallest absolute Gasteiger partial charge is 0.269 e. The van der Waals surface area contributed by atoms with E-state index < -0.39 is 0 Å². The number of hydrogen-bond donors (Lipinski definition) is 2. The highest BCUT2D eigenvalue weighted by molar-refractivity contribution is 8.26. The molecule has 32 heavy (non-hydrogen) atoms. The van der Waals surface area contributed by atoms with E-state index in [2.05, 4.69) is 10.9 Å². The fourth-order valence-electron chi connectivity index (χ4n) is 3.06. The summed E-state index contributed by atoms with van der Waals surface area (Å²) in [4.78, 5) is 39.0. The monoisotopic (exact) mass is 469 g/mol. The van der Waals surface area contributed by atoms with Gasteiger partial charge in [-0.15, -0.1) is 0 Å². The number of thiocarbonyl (C=S) groups is 1. The number of nitrogens with one attached hydrogen (secondary N) is 2. The van der Waals surface area contributed by atoms with Gasteiger partial charge in [-0.3, -0.25) is 30.1 Å². The molecule has 3 rings (SSSR count). The number of aryl methyl sites for hydroxylation is 1. The van der Waals surface area contributed by atoms with Gasteiger partial charge in [0.05, 0.1) is 12.0 Å². The quantitative estimate of drug-likeness (QED) is 0.367. The van der Waals surface area contributed by atoms with Crippen LogP contribution in [-0.4, -0.2) is 40.6 Å². The van der Waals surface area contributed by atoms with Gasteiger partial charge >= 0.3 is 0 Å². The second-order valence-electron chi connectivity index (χ2n) is 7.03. The van der Waals surface area contributed by atoms with E-state index in [0.29, 0.717) is 33.5 Å². The highest BCUT2D eigenvalue weighted by Gasteiger charge is 2.31. The molecule has 1 saturated heterocycles. The first kappa shape index (κ1) is 23.5. The molecular formula is C23H23N3O4S2. The van der Waals surface area contributed by atoms with Crippen molar-refractivity contribution in [3.63, 3.8) is 0 Å².